The Hall–Kier alpha value is -5.17. The second-order valence-corrected chi connectivity index (χ2v) is 11.3. The maximum atomic E-state index is 13.6. The Morgan fingerprint density at radius 1 is 0.543 bits per heavy atom. The second-order valence-electron chi connectivity index (χ2n) is 11.3. The maximum Gasteiger partial charge on any atom is 0.416 e. The summed E-state index contributed by atoms with van der Waals surface area (Å²) in [6.45, 7) is 6.18. The van der Waals surface area contributed by atoms with E-state index in [1.807, 2.05) is 43.3 Å². The van der Waals surface area contributed by atoms with Crippen LogP contribution in [0.15, 0.2) is 107 Å². The van der Waals surface area contributed by atoms with E-state index in [-0.39, 0.29) is 0 Å². The van der Waals surface area contributed by atoms with Gasteiger partial charge >= 0.3 is 6.18 Å². The van der Waals surface area contributed by atoms with Crippen LogP contribution in [0.3, 0.4) is 0 Å². The van der Waals surface area contributed by atoms with E-state index < -0.39 is 11.7 Å². The Balaban J connectivity index is 1.49. The summed E-state index contributed by atoms with van der Waals surface area (Å²) in [4.78, 5) is 9.40. The van der Waals surface area contributed by atoms with Crippen LogP contribution in [0.4, 0.5) is 13.2 Å². The molecule has 0 N–H and O–H groups in total. The molecule has 0 aliphatic rings. The molecule has 4 nitrogen and oxygen atoms in total. The van der Waals surface area contributed by atoms with Crippen LogP contribution in [0.1, 0.15) is 43.0 Å². The molecule has 0 saturated carbocycles. The van der Waals surface area contributed by atoms with Gasteiger partial charge in [0.05, 0.1) is 16.7 Å². The van der Waals surface area contributed by atoms with Crippen molar-refractivity contribution >= 4 is 22.2 Å². The highest BCUT2D eigenvalue weighted by Gasteiger charge is 2.32. The van der Waals surface area contributed by atoms with Gasteiger partial charge in [0.25, 0.3) is 0 Å². The minimum Gasteiger partial charge on any atom is -0.443 e. The Morgan fingerprint density at radius 2 is 1.02 bits per heavy atom. The predicted molar refractivity (Wildman–Crippen MR) is 176 cm³/mol. The molecule has 0 atom stereocenters. The van der Waals surface area contributed by atoms with Crippen LogP contribution in [0.5, 0.6) is 0 Å². The van der Waals surface area contributed by atoms with Crippen LogP contribution in [0, 0.1) is 0 Å². The highest BCUT2D eigenvalue weighted by Crippen LogP contribution is 2.48. The lowest BCUT2D eigenvalue weighted by Gasteiger charge is -2.18. The first kappa shape index (κ1) is 29.5. The molecule has 230 valence electrons. The highest BCUT2D eigenvalue weighted by molar-refractivity contribution is 6.18. The average Bonchev–Trinajstić information content (AvgIpc) is 3.77. The van der Waals surface area contributed by atoms with Crippen LogP contribution in [-0.4, -0.2) is 9.97 Å². The van der Waals surface area contributed by atoms with Gasteiger partial charge in [0, 0.05) is 0 Å². The third-order valence-electron chi connectivity index (χ3n) is 8.81. The van der Waals surface area contributed by atoms with E-state index in [9.17, 15) is 13.2 Å². The lowest BCUT2D eigenvalue weighted by Crippen LogP contribution is -2.06. The number of hydrogen-bond donors (Lipinski definition) is 0. The molecule has 0 bridgehead atoms. The summed E-state index contributed by atoms with van der Waals surface area (Å²) in [5.74, 6) is 0. The van der Waals surface area contributed by atoms with Crippen LogP contribution >= 0.6 is 0 Å². The van der Waals surface area contributed by atoms with E-state index in [1.54, 1.807) is 6.07 Å². The Kier molecular flexibility index (Phi) is 7.47. The third-order valence-corrected chi connectivity index (χ3v) is 8.81. The summed E-state index contributed by atoms with van der Waals surface area (Å²) in [6.07, 6.45) is 0.689. The molecule has 2 aromatic heterocycles. The Bertz CT molecular complexity index is 2170. The molecule has 0 fully saturated rings. The van der Waals surface area contributed by atoms with Crippen molar-refractivity contribution in [1.82, 2.24) is 9.97 Å². The summed E-state index contributed by atoms with van der Waals surface area (Å²) < 4.78 is 53.1. The molecule has 7 rings (SSSR count). The topological polar surface area (TPSA) is 52.1 Å². The highest BCUT2D eigenvalue weighted by atomic mass is 19.4. The molecule has 0 saturated heterocycles. The lowest BCUT2D eigenvalue weighted by molar-refractivity contribution is -0.137. The minimum atomic E-state index is -4.43. The van der Waals surface area contributed by atoms with Gasteiger partial charge in [-0.3, -0.25) is 0 Å². The zero-order valence-electron chi connectivity index (χ0n) is 25.7. The summed E-state index contributed by atoms with van der Waals surface area (Å²) in [6, 6.07) is 26.4. The van der Waals surface area contributed by atoms with Crippen LogP contribution in [0.25, 0.3) is 66.7 Å². The molecule has 0 radical (unpaired) electrons. The van der Waals surface area contributed by atoms with E-state index in [2.05, 4.69) is 44.2 Å². The van der Waals surface area contributed by atoms with Crippen molar-refractivity contribution in [3.05, 3.63) is 120 Å². The van der Waals surface area contributed by atoms with Gasteiger partial charge in [-0.2, -0.15) is 13.2 Å². The zero-order valence-corrected chi connectivity index (χ0v) is 25.7. The molecular weight excluding hydrogens is 585 g/mol. The average molecular weight is 617 g/mol. The van der Waals surface area contributed by atoms with Crippen molar-refractivity contribution in [2.24, 2.45) is 0 Å². The van der Waals surface area contributed by atoms with Gasteiger partial charge in [-0.25, -0.2) is 9.97 Å². The van der Waals surface area contributed by atoms with Crippen molar-refractivity contribution in [2.45, 2.75) is 46.2 Å². The fourth-order valence-electron chi connectivity index (χ4n) is 6.54. The Labute approximate surface area is 264 Å². The number of fused-ring (bicyclic) bond motifs is 2. The van der Waals surface area contributed by atoms with Gasteiger partial charge in [0.1, 0.15) is 11.0 Å². The van der Waals surface area contributed by atoms with Crippen LogP contribution in [0.2, 0.25) is 0 Å². The first-order valence-electron chi connectivity index (χ1n) is 15.5. The predicted octanol–water partition coefficient (Wildman–Crippen LogP) is 11.3. The monoisotopic (exact) mass is 616 g/mol. The molecule has 2 heterocycles. The third kappa shape index (κ3) is 4.87. The first-order valence-corrected chi connectivity index (χ1v) is 15.5. The number of oxazole rings is 2. The van der Waals surface area contributed by atoms with Crippen molar-refractivity contribution in [1.29, 1.82) is 0 Å². The van der Waals surface area contributed by atoms with Crippen LogP contribution < -0.4 is 0 Å². The van der Waals surface area contributed by atoms with E-state index in [1.165, 1.54) is 30.0 Å². The fourth-order valence-corrected chi connectivity index (χ4v) is 6.54. The molecular formula is C39H31F3N2O2. The quantitative estimate of drug-likeness (QED) is 0.179. The van der Waals surface area contributed by atoms with E-state index in [0.29, 0.717) is 45.3 Å². The van der Waals surface area contributed by atoms with Crippen molar-refractivity contribution in [3.8, 4) is 44.5 Å². The fraction of sp³-hybridized carbons (Fsp3) is 0.179. The number of aryl methyl sites for hydroxylation is 3. The number of alkyl halides is 3. The van der Waals surface area contributed by atoms with Crippen molar-refractivity contribution < 1.29 is 22.0 Å². The Morgan fingerprint density at radius 3 is 1.50 bits per heavy atom. The van der Waals surface area contributed by atoms with E-state index in [4.69, 9.17) is 18.8 Å². The van der Waals surface area contributed by atoms with Crippen LogP contribution in [-0.2, 0) is 25.4 Å². The van der Waals surface area contributed by atoms with Gasteiger partial charge in [0.15, 0.2) is 24.0 Å². The molecule has 46 heavy (non-hydrogen) atoms. The molecule has 0 unspecified atom stereocenters. The minimum absolute atomic E-state index is 0.430. The molecule has 0 spiro atoms. The summed E-state index contributed by atoms with van der Waals surface area (Å²) >= 11 is 0. The zero-order chi connectivity index (χ0) is 32.0. The lowest BCUT2D eigenvalue weighted by atomic mass is 9.86. The van der Waals surface area contributed by atoms with Gasteiger partial charge < -0.3 is 8.83 Å². The SMILES string of the molecule is CCc1ccc(-c2ccccc2-c2c3ncoc3c(-c3ccccc3-c3ccc(C(F)(F)F)cc3CC)c3ncoc23)c(CC)c1. The molecule has 7 aromatic rings. The van der Waals surface area contributed by atoms with Gasteiger partial charge in [0.2, 0.25) is 0 Å². The normalized spacial score (nSPS) is 12.0. The van der Waals surface area contributed by atoms with Gasteiger partial charge in [-0.1, -0.05) is 93.6 Å². The summed E-state index contributed by atoms with van der Waals surface area (Å²) in [5, 5.41) is 0. The summed E-state index contributed by atoms with van der Waals surface area (Å²) in [7, 11) is 0. The number of hydrogen-bond acceptors (Lipinski definition) is 4. The largest absolute Gasteiger partial charge is 0.443 e. The summed E-state index contributed by atoms with van der Waals surface area (Å²) in [5.41, 5.74) is 11.6. The standard InChI is InChI=1S/C39H31F3N2O2/c1-4-23-15-17-27(24(5-2)19-23)29-11-7-9-13-31(29)33-35-38(46-21-43-35)34(36-37(33)45-22-44-36)32-14-10-8-12-30(32)28-18-16-26(39(40,41)42)20-25(28)6-3/h7-22H,4-6H2,1-3H3. The molecule has 5 aromatic carbocycles. The number of aromatic nitrogens is 2. The van der Waals surface area contributed by atoms with E-state index in [0.717, 1.165) is 52.3 Å². The van der Waals surface area contributed by atoms with Crippen molar-refractivity contribution in [2.75, 3.05) is 0 Å². The number of nitrogens with zero attached hydrogens (tertiary/aromatic N) is 2. The number of halogens is 3. The van der Waals surface area contributed by atoms with E-state index >= 15 is 0 Å². The van der Waals surface area contributed by atoms with Gasteiger partial charge in [-0.05, 0) is 81.5 Å². The molecule has 0 amide bonds. The molecule has 0 aliphatic heterocycles. The molecule has 7 heteroatoms. The smallest absolute Gasteiger partial charge is 0.416 e. The van der Waals surface area contributed by atoms with Crippen molar-refractivity contribution in [3.63, 3.8) is 0 Å². The first-order chi connectivity index (χ1) is 22.3. The van der Waals surface area contributed by atoms with Gasteiger partial charge in [-0.15, -0.1) is 0 Å². The maximum absolute atomic E-state index is 13.6. The molecule has 0 aliphatic carbocycles. The number of rotatable bonds is 7. The number of benzene rings is 5. The second kappa shape index (κ2) is 11.6.